The van der Waals surface area contributed by atoms with E-state index < -0.39 is 0 Å². The summed E-state index contributed by atoms with van der Waals surface area (Å²) in [6.45, 7) is 14.6. The summed E-state index contributed by atoms with van der Waals surface area (Å²) in [5, 5.41) is 15.6. The molecule has 4 heteroatoms. The van der Waals surface area contributed by atoms with Crippen molar-refractivity contribution >= 4 is 11.8 Å². The summed E-state index contributed by atoms with van der Waals surface area (Å²) in [7, 11) is 0. The highest BCUT2D eigenvalue weighted by Crippen LogP contribution is 2.36. The average Bonchev–Trinajstić information content (AvgIpc) is 2.59. The maximum absolute atomic E-state index is 8.81. The van der Waals surface area contributed by atoms with Crippen LogP contribution in [0.2, 0.25) is 0 Å². The molecule has 0 aliphatic carbocycles. The van der Waals surface area contributed by atoms with Gasteiger partial charge in [-0.15, -0.1) is 0 Å². The van der Waals surface area contributed by atoms with E-state index in [4.69, 9.17) is 9.84 Å². The summed E-state index contributed by atoms with van der Waals surface area (Å²) in [6, 6.07) is 4.17. The molecule has 0 aromatic heterocycles. The molecule has 0 bridgehead atoms. The zero-order valence-electron chi connectivity index (χ0n) is 15.5. The molecule has 1 aromatic carbocycles. The summed E-state index contributed by atoms with van der Waals surface area (Å²) in [6.07, 6.45) is 4.93. The number of allylic oxidation sites excluding steroid dienone is 2. The van der Waals surface area contributed by atoms with Crippen LogP contribution >= 0.6 is 0 Å². The van der Waals surface area contributed by atoms with E-state index >= 15 is 0 Å². The van der Waals surface area contributed by atoms with Crippen molar-refractivity contribution in [2.24, 2.45) is 0 Å². The molecule has 2 rings (SSSR count). The highest BCUT2D eigenvalue weighted by atomic mass is 16.5. The van der Waals surface area contributed by atoms with Crippen molar-refractivity contribution in [2.75, 3.05) is 31.6 Å². The zero-order chi connectivity index (χ0) is 17.9. The Morgan fingerprint density at radius 3 is 2.88 bits per heavy atom. The van der Waals surface area contributed by atoms with Crippen LogP contribution in [0.4, 0.5) is 5.69 Å². The lowest BCUT2D eigenvalue weighted by atomic mass is 10.0. The fraction of sp³-hybridized carbons (Fsp3) is 0.500. The minimum atomic E-state index is 0.0879. The monoisotopic (exact) mass is 332 g/mol. The number of nitrogens with one attached hydrogen (secondary N) is 2. The number of aryl methyl sites for hydroxylation is 1. The number of aliphatic hydroxyl groups is 1. The molecule has 0 radical (unpaired) electrons. The van der Waals surface area contributed by atoms with Gasteiger partial charge in [0.15, 0.2) is 0 Å². The Labute approximate surface area is 146 Å². The summed E-state index contributed by atoms with van der Waals surface area (Å²) < 4.78 is 6.19. The molecule has 1 atom stereocenters. The van der Waals surface area contributed by atoms with Gasteiger partial charge in [0.25, 0.3) is 0 Å². The molecule has 24 heavy (non-hydrogen) atoms. The van der Waals surface area contributed by atoms with Crippen LogP contribution in [0.3, 0.4) is 0 Å². The van der Waals surface area contributed by atoms with Crippen LogP contribution in [0.25, 0.3) is 6.08 Å². The maximum atomic E-state index is 8.81. The van der Waals surface area contributed by atoms with Gasteiger partial charge in [0.2, 0.25) is 0 Å². The summed E-state index contributed by atoms with van der Waals surface area (Å²) in [4.78, 5) is 0. The molecule has 3 N–H and O–H groups in total. The Kier molecular flexibility index (Phi) is 9.20. The first-order valence-electron chi connectivity index (χ1n) is 8.81. The number of fused-ring (bicyclic) bond motifs is 1. The van der Waals surface area contributed by atoms with Crippen molar-refractivity contribution < 1.29 is 9.84 Å². The second-order valence-corrected chi connectivity index (χ2v) is 5.75. The lowest BCUT2D eigenvalue weighted by Gasteiger charge is -2.29. The van der Waals surface area contributed by atoms with Crippen molar-refractivity contribution in [3.05, 3.63) is 41.5 Å². The second kappa shape index (κ2) is 10.9. The van der Waals surface area contributed by atoms with Crippen LogP contribution in [0.15, 0.2) is 30.4 Å². The highest BCUT2D eigenvalue weighted by Gasteiger charge is 2.21. The van der Waals surface area contributed by atoms with Gasteiger partial charge in [-0.2, -0.15) is 0 Å². The van der Waals surface area contributed by atoms with Gasteiger partial charge in [-0.05, 0) is 38.4 Å². The minimum absolute atomic E-state index is 0.0879. The van der Waals surface area contributed by atoms with Gasteiger partial charge in [0, 0.05) is 18.7 Å². The van der Waals surface area contributed by atoms with Gasteiger partial charge in [0.1, 0.15) is 11.9 Å². The highest BCUT2D eigenvalue weighted by molar-refractivity contribution is 5.73. The van der Waals surface area contributed by atoms with Gasteiger partial charge in [-0.25, -0.2) is 0 Å². The Bertz CT molecular complexity index is 553. The van der Waals surface area contributed by atoms with Crippen LogP contribution in [0, 0.1) is 6.92 Å². The zero-order valence-corrected chi connectivity index (χ0v) is 15.5. The molecule has 1 aliphatic rings. The van der Waals surface area contributed by atoms with Gasteiger partial charge in [-0.3, -0.25) is 0 Å². The molecule has 0 amide bonds. The standard InChI is InChI=1S/C18H26N2O2.C2H6/c1-13(2)5-7-16-14(3)6-8-17-18(16)22-15(12-20-17)11-19-9-4-10-21;1-2/h5-8,15,19-21H,1,4,9-12H2,2-3H3;1-2H3/b7-5-;/t15-;/m0./s1. The van der Waals surface area contributed by atoms with Crippen molar-refractivity contribution in [3.63, 3.8) is 0 Å². The van der Waals surface area contributed by atoms with Gasteiger partial charge < -0.3 is 20.5 Å². The molecule has 134 valence electrons. The summed E-state index contributed by atoms with van der Waals surface area (Å²) >= 11 is 0. The van der Waals surface area contributed by atoms with Crippen LogP contribution in [-0.2, 0) is 0 Å². The molecule has 0 spiro atoms. The summed E-state index contributed by atoms with van der Waals surface area (Å²) in [5.41, 5.74) is 4.35. The number of ether oxygens (including phenoxy) is 1. The van der Waals surface area contributed by atoms with E-state index in [-0.39, 0.29) is 12.7 Å². The van der Waals surface area contributed by atoms with Gasteiger partial charge >= 0.3 is 0 Å². The molecule has 1 aromatic rings. The van der Waals surface area contributed by atoms with E-state index in [1.54, 1.807) is 0 Å². The van der Waals surface area contributed by atoms with E-state index in [9.17, 15) is 0 Å². The Morgan fingerprint density at radius 2 is 2.21 bits per heavy atom. The smallest absolute Gasteiger partial charge is 0.150 e. The molecule has 4 nitrogen and oxygen atoms in total. The molecular formula is C20H32N2O2. The van der Waals surface area contributed by atoms with Crippen LogP contribution < -0.4 is 15.4 Å². The van der Waals surface area contributed by atoms with Crippen molar-refractivity contribution in [3.8, 4) is 5.75 Å². The minimum Gasteiger partial charge on any atom is -0.484 e. The Morgan fingerprint density at radius 1 is 1.46 bits per heavy atom. The Hall–Kier alpha value is -1.78. The van der Waals surface area contributed by atoms with Gasteiger partial charge in [-0.1, -0.05) is 44.2 Å². The van der Waals surface area contributed by atoms with Crippen LogP contribution in [0.5, 0.6) is 5.75 Å². The maximum Gasteiger partial charge on any atom is 0.150 e. The van der Waals surface area contributed by atoms with E-state index in [0.717, 1.165) is 48.6 Å². The average molecular weight is 332 g/mol. The normalized spacial score (nSPS) is 15.8. The lowest BCUT2D eigenvalue weighted by molar-refractivity contribution is 0.199. The van der Waals surface area contributed by atoms with Gasteiger partial charge in [0.05, 0.1) is 12.2 Å². The predicted octanol–water partition coefficient (Wildman–Crippen LogP) is 3.76. The third-order valence-electron chi connectivity index (χ3n) is 3.64. The van der Waals surface area contributed by atoms with E-state index in [2.05, 4.69) is 42.3 Å². The molecule has 0 saturated carbocycles. The number of hydrogen-bond donors (Lipinski definition) is 3. The van der Waals surface area contributed by atoms with E-state index in [1.807, 2.05) is 26.8 Å². The topological polar surface area (TPSA) is 53.5 Å². The van der Waals surface area contributed by atoms with Crippen molar-refractivity contribution in [1.29, 1.82) is 0 Å². The number of aliphatic hydroxyl groups excluding tert-OH is 1. The third-order valence-corrected chi connectivity index (χ3v) is 3.64. The molecule has 1 heterocycles. The Balaban J connectivity index is 0.00000139. The largest absolute Gasteiger partial charge is 0.484 e. The van der Waals surface area contributed by atoms with Crippen LogP contribution in [-0.4, -0.2) is 37.5 Å². The number of rotatable bonds is 7. The fourth-order valence-electron chi connectivity index (χ4n) is 2.41. The number of anilines is 1. The molecule has 1 aliphatic heterocycles. The molecular weight excluding hydrogens is 300 g/mol. The van der Waals surface area contributed by atoms with Crippen molar-refractivity contribution in [1.82, 2.24) is 5.32 Å². The number of benzene rings is 1. The van der Waals surface area contributed by atoms with Crippen LogP contribution in [0.1, 0.15) is 38.3 Å². The quantitative estimate of drug-likeness (QED) is 0.526. The third kappa shape index (κ3) is 6.02. The second-order valence-electron chi connectivity index (χ2n) is 5.75. The molecule has 0 unspecified atom stereocenters. The molecule has 0 saturated heterocycles. The number of hydrogen-bond acceptors (Lipinski definition) is 4. The summed E-state index contributed by atoms with van der Waals surface area (Å²) in [5.74, 6) is 0.915. The predicted molar refractivity (Wildman–Crippen MR) is 104 cm³/mol. The first-order valence-corrected chi connectivity index (χ1v) is 8.81. The van der Waals surface area contributed by atoms with Crippen molar-refractivity contribution in [2.45, 2.75) is 40.2 Å². The fourth-order valence-corrected chi connectivity index (χ4v) is 2.41. The first-order chi connectivity index (χ1) is 11.6. The van der Waals surface area contributed by atoms with E-state index in [0.29, 0.717) is 0 Å². The first kappa shape index (κ1) is 20.3. The molecule has 0 fully saturated rings. The van der Waals surface area contributed by atoms with E-state index in [1.165, 1.54) is 5.56 Å². The SMILES string of the molecule is C=C(C)/C=C\c1c(C)ccc2c1O[C@@H](CNCCCO)CN2.CC. The lowest BCUT2D eigenvalue weighted by Crippen LogP contribution is -2.40.